The summed E-state index contributed by atoms with van der Waals surface area (Å²) in [6.45, 7) is 0.186. The summed E-state index contributed by atoms with van der Waals surface area (Å²) in [7, 11) is 0. The summed E-state index contributed by atoms with van der Waals surface area (Å²) in [5, 5.41) is 21.5. The van der Waals surface area contributed by atoms with Gasteiger partial charge in [-0.2, -0.15) is 5.10 Å². The zero-order chi connectivity index (χ0) is 17.9. The summed E-state index contributed by atoms with van der Waals surface area (Å²) in [4.78, 5) is 24.3. The second-order valence-corrected chi connectivity index (χ2v) is 5.53. The number of carbonyl (C=O) groups excluding carboxylic acids is 1. The van der Waals surface area contributed by atoms with E-state index in [1.165, 1.54) is 11.0 Å². The Kier molecular flexibility index (Phi) is 3.94. The Morgan fingerprint density at radius 1 is 1.12 bits per heavy atom. The molecule has 9 heteroatoms. The number of nitrogens with zero attached hydrogens (tertiary/aromatic N) is 5. The van der Waals surface area contributed by atoms with Crippen molar-refractivity contribution in [1.82, 2.24) is 35.7 Å². The highest BCUT2D eigenvalue weighted by atomic mass is 16.1. The summed E-state index contributed by atoms with van der Waals surface area (Å²) in [5.41, 5.74) is 1.47. The summed E-state index contributed by atoms with van der Waals surface area (Å²) < 4.78 is 1.47. The van der Waals surface area contributed by atoms with Crippen molar-refractivity contribution < 1.29 is 4.79 Å². The van der Waals surface area contributed by atoms with E-state index in [1.807, 2.05) is 6.07 Å². The molecule has 4 rings (SSSR count). The Morgan fingerprint density at radius 3 is 2.77 bits per heavy atom. The molecule has 2 N–H and O–H groups in total. The zero-order valence-electron chi connectivity index (χ0n) is 13.5. The van der Waals surface area contributed by atoms with Crippen LogP contribution < -0.4 is 10.9 Å². The van der Waals surface area contributed by atoms with Crippen molar-refractivity contribution in [3.63, 3.8) is 0 Å². The number of carbonyl (C=O) groups is 1. The Labute approximate surface area is 146 Å². The Balaban J connectivity index is 1.56. The minimum absolute atomic E-state index is 0.186. The molecule has 0 aliphatic carbocycles. The van der Waals surface area contributed by atoms with Gasteiger partial charge in [0.15, 0.2) is 0 Å². The number of rotatable bonds is 4. The van der Waals surface area contributed by atoms with Crippen molar-refractivity contribution in [2.45, 2.75) is 6.54 Å². The topological polar surface area (TPSA) is 118 Å². The van der Waals surface area contributed by atoms with Crippen LogP contribution in [0.25, 0.3) is 16.5 Å². The van der Waals surface area contributed by atoms with Crippen LogP contribution in [0.2, 0.25) is 0 Å². The molecule has 4 aromatic rings. The molecule has 0 fully saturated rings. The minimum Gasteiger partial charge on any atom is -0.346 e. The Morgan fingerprint density at radius 2 is 1.96 bits per heavy atom. The molecule has 0 atom stereocenters. The second kappa shape index (κ2) is 6.55. The molecule has 0 spiro atoms. The number of hydrogen-bond acceptors (Lipinski definition) is 6. The fraction of sp³-hybridized carbons (Fsp3) is 0.0588. The van der Waals surface area contributed by atoms with Gasteiger partial charge >= 0.3 is 0 Å². The first-order valence-electron chi connectivity index (χ1n) is 7.80. The van der Waals surface area contributed by atoms with Gasteiger partial charge < -0.3 is 5.32 Å². The molecular weight excluding hydrogens is 334 g/mol. The molecule has 0 aliphatic heterocycles. The van der Waals surface area contributed by atoms with Crippen LogP contribution in [0.3, 0.4) is 0 Å². The van der Waals surface area contributed by atoms with E-state index < -0.39 is 0 Å². The van der Waals surface area contributed by atoms with Crippen LogP contribution in [-0.2, 0) is 6.54 Å². The van der Waals surface area contributed by atoms with Gasteiger partial charge in [0.1, 0.15) is 6.33 Å². The lowest BCUT2D eigenvalue weighted by Crippen LogP contribution is -2.24. The molecule has 0 saturated heterocycles. The molecule has 26 heavy (non-hydrogen) atoms. The maximum atomic E-state index is 12.5. The molecule has 1 amide bonds. The predicted octanol–water partition coefficient (Wildman–Crippen LogP) is 0.829. The van der Waals surface area contributed by atoms with Gasteiger partial charge in [0.05, 0.1) is 23.3 Å². The number of tetrazole rings is 1. The summed E-state index contributed by atoms with van der Waals surface area (Å²) in [6, 6.07) is 14.1. The highest BCUT2D eigenvalue weighted by molar-refractivity contribution is 5.95. The van der Waals surface area contributed by atoms with Gasteiger partial charge in [-0.3, -0.25) is 9.59 Å². The molecule has 2 aromatic carbocycles. The molecule has 2 aromatic heterocycles. The molecule has 0 unspecified atom stereocenters. The lowest BCUT2D eigenvalue weighted by atomic mass is 10.1. The van der Waals surface area contributed by atoms with Crippen molar-refractivity contribution in [2.75, 3.05) is 0 Å². The van der Waals surface area contributed by atoms with Crippen molar-refractivity contribution >= 4 is 16.7 Å². The van der Waals surface area contributed by atoms with E-state index >= 15 is 0 Å². The van der Waals surface area contributed by atoms with E-state index in [1.54, 1.807) is 42.5 Å². The molecule has 9 nitrogen and oxygen atoms in total. The predicted molar refractivity (Wildman–Crippen MR) is 92.7 cm³/mol. The first-order chi connectivity index (χ1) is 12.7. The van der Waals surface area contributed by atoms with Crippen LogP contribution in [0.4, 0.5) is 0 Å². The van der Waals surface area contributed by atoms with Crippen LogP contribution in [0.1, 0.15) is 16.1 Å². The summed E-state index contributed by atoms with van der Waals surface area (Å²) in [6.07, 6.45) is 1.45. The highest BCUT2D eigenvalue weighted by Crippen LogP contribution is 2.13. The van der Waals surface area contributed by atoms with Gasteiger partial charge in [-0.05, 0) is 34.7 Å². The van der Waals surface area contributed by atoms with E-state index in [0.717, 1.165) is 0 Å². The first-order valence-corrected chi connectivity index (χ1v) is 7.80. The summed E-state index contributed by atoms with van der Waals surface area (Å²) >= 11 is 0. The van der Waals surface area contributed by atoms with E-state index in [0.29, 0.717) is 27.7 Å². The number of fused-ring (bicyclic) bond motifs is 1. The van der Waals surface area contributed by atoms with E-state index in [2.05, 4.69) is 31.0 Å². The highest BCUT2D eigenvalue weighted by Gasteiger charge is 2.10. The molecule has 2 heterocycles. The van der Waals surface area contributed by atoms with Gasteiger partial charge in [0.2, 0.25) is 0 Å². The third kappa shape index (κ3) is 2.93. The minimum atomic E-state index is -0.267. The quantitative estimate of drug-likeness (QED) is 0.564. The lowest BCUT2D eigenvalue weighted by Gasteiger charge is -2.08. The molecule has 0 saturated carbocycles. The maximum absolute atomic E-state index is 12.5. The molecule has 0 radical (unpaired) electrons. The molecule has 0 aliphatic rings. The van der Waals surface area contributed by atoms with Crippen LogP contribution in [0, 0.1) is 0 Å². The number of aromatic nitrogens is 6. The van der Waals surface area contributed by atoms with Crippen LogP contribution >= 0.6 is 0 Å². The SMILES string of the molecule is O=C(NCc1n[nH]c(=O)c2ccccc12)c1cccc(-n2cnnn2)c1. The third-order valence-electron chi connectivity index (χ3n) is 3.91. The normalized spacial score (nSPS) is 10.8. The Hall–Kier alpha value is -3.88. The standard InChI is InChI=1S/C17H13N7O2/c25-16(11-4-3-5-12(8-11)24-10-19-22-23-24)18-9-15-13-6-1-2-7-14(13)17(26)21-20-15/h1-8,10H,9H2,(H,18,25)(H,21,26). The average Bonchev–Trinajstić information content (AvgIpc) is 3.22. The number of H-pyrrole nitrogens is 1. The zero-order valence-corrected chi connectivity index (χ0v) is 13.5. The van der Waals surface area contributed by atoms with Crippen LogP contribution in [0.5, 0.6) is 0 Å². The fourth-order valence-corrected chi connectivity index (χ4v) is 2.64. The third-order valence-corrected chi connectivity index (χ3v) is 3.91. The van der Waals surface area contributed by atoms with Crippen molar-refractivity contribution in [3.05, 3.63) is 76.5 Å². The van der Waals surface area contributed by atoms with Crippen LogP contribution in [-0.4, -0.2) is 36.3 Å². The first kappa shape index (κ1) is 15.6. The number of hydrogen-bond donors (Lipinski definition) is 2. The molecule has 0 bridgehead atoms. The number of nitrogens with one attached hydrogen (secondary N) is 2. The largest absolute Gasteiger partial charge is 0.346 e. The van der Waals surface area contributed by atoms with Gasteiger partial charge in [-0.25, -0.2) is 9.78 Å². The molecule has 128 valence electrons. The fourth-order valence-electron chi connectivity index (χ4n) is 2.64. The maximum Gasteiger partial charge on any atom is 0.272 e. The second-order valence-electron chi connectivity index (χ2n) is 5.53. The monoisotopic (exact) mass is 347 g/mol. The van der Waals surface area contributed by atoms with Crippen molar-refractivity contribution in [2.24, 2.45) is 0 Å². The lowest BCUT2D eigenvalue weighted by molar-refractivity contribution is 0.0950. The summed E-state index contributed by atoms with van der Waals surface area (Å²) in [5.74, 6) is -0.267. The van der Waals surface area contributed by atoms with Gasteiger partial charge in [-0.15, -0.1) is 5.10 Å². The van der Waals surface area contributed by atoms with Crippen molar-refractivity contribution in [3.8, 4) is 5.69 Å². The van der Waals surface area contributed by atoms with Crippen LogP contribution in [0.15, 0.2) is 59.7 Å². The van der Waals surface area contributed by atoms with Gasteiger partial charge in [0, 0.05) is 10.9 Å². The van der Waals surface area contributed by atoms with Crippen molar-refractivity contribution in [1.29, 1.82) is 0 Å². The van der Waals surface area contributed by atoms with Gasteiger partial charge in [-0.1, -0.05) is 24.3 Å². The average molecular weight is 347 g/mol. The number of benzene rings is 2. The Bertz CT molecular complexity index is 1140. The smallest absolute Gasteiger partial charge is 0.272 e. The number of aromatic amines is 1. The van der Waals surface area contributed by atoms with Gasteiger partial charge in [0.25, 0.3) is 11.5 Å². The van der Waals surface area contributed by atoms with E-state index in [9.17, 15) is 9.59 Å². The number of amides is 1. The van der Waals surface area contributed by atoms with E-state index in [4.69, 9.17) is 0 Å². The van der Waals surface area contributed by atoms with E-state index in [-0.39, 0.29) is 18.0 Å². The molecular formula is C17H13N7O2.